The number of hydrogen-bond donors (Lipinski definition) is 2. The summed E-state index contributed by atoms with van der Waals surface area (Å²) in [5, 5.41) is 0. The highest BCUT2D eigenvalue weighted by Gasteiger charge is 2.10. The molecule has 90 valence electrons. The first-order chi connectivity index (χ1) is 7.52. The van der Waals surface area contributed by atoms with E-state index in [9.17, 15) is 13.0 Å². The fourth-order valence-electron chi connectivity index (χ4n) is 1.20. The minimum absolute atomic E-state index is 0.0196. The van der Waals surface area contributed by atoms with E-state index in [-0.39, 0.29) is 3.57 Å². The molecule has 1 unspecified atom stereocenters. The van der Waals surface area contributed by atoms with Crippen molar-refractivity contribution >= 4 is 33.9 Å². The molecular weight excluding hydrogens is 351 g/mol. The van der Waals surface area contributed by atoms with Gasteiger partial charge in [0.2, 0.25) is 11.3 Å². The normalized spacial score (nSPS) is 12.8. The summed E-state index contributed by atoms with van der Waals surface area (Å²) < 4.78 is 47.3. The van der Waals surface area contributed by atoms with Gasteiger partial charge in [-0.25, -0.2) is 17.7 Å². The molecule has 3 nitrogen and oxygen atoms in total. The number of nitrogens with one attached hydrogen (secondary N) is 1. The Morgan fingerprint density at radius 1 is 1.44 bits per heavy atom. The van der Waals surface area contributed by atoms with Crippen LogP contribution >= 0.6 is 22.6 Å². The van der Waals surface area contributed by atoms with Crippen molar-refractivity contribution in [1.29, 1.82) is 0 Å². The molecule has 0 aliphatic rings. The van der Waals surface area contributed by atoms with Gasteiger partial charge < -0.3 is 0 Å². The summed E-state index contributed by atoms with van der Waals surface area (Å²) in [6, 6.07) is 2.61. The molecule has 0 aliphatic carbocycles. The number of hydrogen-bond acceptors (Lipinski definition) is 1. The summed E-state index contributed by atoms with van der Waals surface area (Å²) in [5.41, 5.74) is 0.413. The van der Waals surface area contributed by atoms with Crippen LogP contribution in [0.15, 0.2) is 12.1 Å². The Balaban J connectivity index is 2.55. The zero-order chi connectivity index (χ0) is 12.1. The molecule has 1 rings (SSSR count). The molecule has 0 saturated carbocycles. The first kappa shape index (κ1) is 13.9. The molecule has 1 aromatic carbocycles. The average Bonchev–Trinajstić information content (AvgIpc) is 2.23. The zero-order valence-corrected chi connectivity index (χ0v) is 11.1. The Bertz CT molecular complexity index is 403. The van der Waals surface area contributed by atoms with Crippen molar-refractivity contribution in [3.05, 3.63) is 32.9 Å². The summed E-state index contributed by atoms with van der Waals surface area (Å²) in [5.74, 6) is -1.12. The Labute approximate surface area is 108 Å². The van der Waals surface area contributed by atoms with E-state index in [1.807, 2.05) is 0 Å². The van der Waals surface area contributed by atoms with Crippen LogP contribution in [0.5, 0.6) is 0 Å². The number of rotatable bonds is 5. The summed E-state index contributed by atoms with van der Waals surface area (Å²) in [4.78, 5) is 0. The van der Waals surface area contributed by atoms with Gasteiger partial charge in [0.1, 0.15) is 11.6 Å². The van der Waals surface area contributed by atoms with E-state index in [0.717, 1.165) is 0 Å². The fourth-order valence-corrected chi connectivity index (χ4v) is 2.04. The molecule has 2 N–H and O–H groups in total. The Morgan fingerprint density at radius 3 is 2.75 bits per heavy atom. The Kier molecular flexibility index (Phi) is 5.73. The summed E-state index contributed by atoms with van der Waals surface area (Å²) in [6.07, 6.45) is 0.900. The van der Waals surface area contributed by atoms with E-state index in [0.29, 0.717) is 24.9 Å². The van der Waals surface area contributed by atoms with Gasteiger partial charge in [-0.3, -0.25) is 4.55 Å². The van der Waals surface area contributed by atoms with Gasteiger partial charge >= 0.3 is 0 Å². The molecule has 0 spiro atoms. The van der Waals surface area contributed by atoms with Crippen LogP contribution in [0.4, 0.5) is 8.78 Å². The van der Waals surface area contributed by atoms with Gasteiger partial charge in [-0.05, 0) is 47.1 Å². The molecule has 0 aliphatic heterocycles. The molecule has 1 aromatic rings. The van der Waals surface area contributed by atoms with Crippen molar-refractivity contribution in [3.8, 4) is 0 Å². The highest BCUT2D eigenvalue weighted by atomic mass is 127. The van der Waals surface area contributed by atoms with Crippen LogP contribution in [0.25, 0.3) is 0 Å². The molecule has 16 heavy (non-hydrogen) atoms. The molecule has 0 bridgehead atoms. The summed E-state index contributed by atoms with van der Waals surface area (Å²) >= 11 is -0.430. The summed E-state index contributed by atoms with van der Waals surface area (Å²) in [6.45, 7) is 0.302. The van der Waals surface area contributed by atoms with Gasteiger partial charge in [-0.1, -0.05) is 6.07 Å². The second-order valence-corrected chi connectivity index (χ2v) is 4.95. The molecule has 0 amide bonds. The van der Waals surface area contributed by atoms with Crippen molar-refractivity contribution in [3.63, 3.8) is 0 Å². The van der Waals surface area contributed by atoms with Crippen molar-refractivity contribution in [2.45, 2.75) is 12.8 Å². The highest BCUT2D eigenvalue weighted by Crippen LogP contribution is 2.19. The first-order valence-corrected chi connectivity index (χ1v) is 6.67. The largest absolute Gasteiger partial charge is 0.294 e. The van der Waals surface area contributed by atoms with E-state index in [2.05, 4.69) is 4.72 Å². The van der Waals surface area contributed by atoms with Crippen LogP contribution in [0.2, 0.25) is 0 Å². The molecule has 0 fully saturated rings. The van der Waals surface area contributed by atoms with Crippen molar-refractivity contribution in [2.24, 2.45) is 0 Å². The SMILES string of the molecule is O=S(O)NCCCc1ccc(F)c(I)c1F. The number of aryl methyl sites for hydroxylation is 1. The lowest BCUT2D eigenvalue weighted by molar-refractivity contribution is 0.543. The van der Waals surface area contributed by atoms with E-state index in [4.69, 9.17) is 4.55 Å². The van der Waals surface area contributed by atoms with Crippen LogP contribution in [-0.4, -0.2) is 15.3 Å². The molecule has 0 heterocycles. The minimum Gasteiger partial charge on any atom is -0.294 e. The van der Waals surface area contributed by atoms with Crippen LogP contribution in [-0.2, 0) is 17.7 Å². The van der Waals surface area contributed by atoms with Gasteiger partial charge in [-0.15, -0.1) is 0 Å². The predicted octanol–water partition coefficient (Wildman–Crippen LogP) is 2.23. The molecule has 0 saturated heterocycles. The monoisotopic (exact) mass is 361 g/mol. The Morgan fingerprint density at radius 2 is 2.12 bits per heavy atom. The van der Waals surface area contributed by atoms with Gasteiger partial charge in [0.15, 0.2) is 0 Å². The third-order valence-corrected chi connectivity index (χ3v) is 3.40. The molecule has 7 heteroatoms. The maximum Gasteiger partial charge on any atom is 0.231 e. The predicted molar refractivity (Wildman–Crippen MR) is 66.2 cm³/mol. The van der Waals surface area contributed by atoms with Crippen molar-refractivity contribution in [2.75, 3.05) is 6.54 Å². The second-order valence-electron chi connectivity index (χ2n) is 3.08. The van der Waals surface area contributed by atoms with Crippen LogP contribution in [0, 0.1) is 15.2 Å². The molecule has 1 atom stereocenters. The lowest BCUT2D eigenvalue weighted by Gasteiger charge is -2.05. The maximum atomic E-state index is 13.5. The number of benzene rings is 1. The third kappa shape index (κ3) is 4.04. The minimum atomic E-state index is -2.04. The van der Waals surface area contributed by atoms with Crippen LogP contribution in [0.1, 0.15) is 12.0 Å². The molecule has 0 aromatic heterocycles. The van der Waals surface area contributed by atoms with E-state index >= 15 is 0 Å². The molecule has 0 radical (unpaired) electrons. The zero-order valence-electron chi connectivity index (χ0n) is 8.17. The first-order valence-electron chi connectivity index (χ1n) is 4.49. The van der Waals surface area contributed by atoms with Crippen molar-refractivity contribution in [1.82, 2.24) is 4.72 Å². The van der Waals surface area contributed by atoms with E-state index in [1.54, 1.807) is 22.6 Å². The van der Waals surface area contributed by atoms with Gasteiger partial charge in [0.05, 0.1) is 3.57 Å². The quantitative estimate of drug-likeness (QED) is 0.366. The highest BCUT2D eigenvalue weighted by molar-refractivity contribution is 14.1. The lowest BCUT2D eigenvalue weighted by Crippen LogP contribution is -2.18. The summed E-state index contributed by atoms with van der Waals surface area (Å²) in [7, 11) is 0. The van der Waals surface area contributed by atoms with Gasteiger partial charge in [0.25, 0.3) is 0 Å². The van der Waals surface area contributed by atoms with Gasteiger partial charge in [0, 0.05) is 6.54 Å². The van der Waals surface area contributed by atoms with Crippen LogP contribution < -0.4 is 4.72 Å². The average molecular weight is 361 g/mol. The van der Waals surface area contributed by atoms with E-state index < -0.39 is 22.9 Å². The smallest absolute Gasteiger partial charge is 0.231 e. The standard InChI is InChI=1S/C9H10F2INO2S/c10-7-4-3-6(8(11)9(7)12)2-1-5-13-16(14)15/h3-4,13H,1-2,5H2,(H,14,15). The topological polar surface area (TPSA) is 49.3 Å². The van der Waals surface area contributed by atoms with Crippen molar-refractivity contribution < 1.29 is 17.5 Å². The van der Waals surface area contributed by atoms with Crippen LogP contribution in [0.3, 0.4) is 0 Å². The Hall–Kier alpha value is -0.120. The second kappa shape index (κ2) is 6.58. The fraction of sp³-hybridized carbons (Fsp3) is 0.333. The molecular formula is C9H10F2INO2S. The van der Waals surface area contributed by atoms with E-state index in [1.165, 1.54) is 12.1 Å². The van der Waals surface area contributed by atoms with Gasteiger partial charge in [-0.2, -0.15) is 0 Å². The number of halogens is 3. The third-order valence-electron chi connectivity index (χ3n) is 1.96. The maximum absolute atomic E-state index is 13.5. The lowest BCUT2D eigenvalue weighted by atomic mass is 10.1.